The molecule has 0 atom stereocenters. The third-order valence-corrected chi connectivity index (χ3v) is 9.43. The van der Waals surface area contributed by atoms with E-state index < -0.39 is 0 Å². The molecule has 11 aromatic rings. The lowest BCUT2D eigenvalue weighted by molar-refractivity contribution is 0.668. The summed E-state index contributed by atoms with van der Waals surface area (Å²) in [7, 11) is 0. The maximum atomic E-state index is 6.76. The second kappa shape index (κ2) is 8.65. The Labute approximate surface area is 261 Å². The zero-order valence-corrected chi connectivity index (χ0v) is 24.3. The number of benzene rings is 8. The number of rotatable bonds is 3. The van der Waals surface area contributed by atoms with Gasteiger partial charge in [-0.2, -0.15) is 0 Å². The maximum absolute atomic E-state index is 6.76. The van der Waals surface area contributed by atoms with Crippen LogP contribution in [0.1, 0.15) is 0 Å². The van der Waals surface area contributed by atoms with Crippen molar-refractivity contribution in [3.05, 3.63) is 127 Å². The van der Waals surface area contributed by atoms with Gasteiger partial charge in [0.05, 0.1) is 5.56 Å². The summed E-state index contributed by atoms with van der Waals surface area (Å²) in [5, 5.41) is 11.5. The van der Waals surface area contributed by atoms with Crippen LogP contribution in [0.4, 0.5) is 0 Å². The lowest BCUT2D eigenvalue weighted by Gasteiger charge is -2.14. The molecular weight excluding hydrogens is 566 g/mol. The molecule has 0 saturated heterocycles. The highest BCUT2D eigenvalue weighted by Gasteiger charge is 2.25. The molecule has 0 radical (unpaired) electrons. The van der Waals surface area contributed by atoms with Crippen LogP contribution < -0.4 is 0 Å². The fourth-order valence-corrected chi connectivity index (χ4v) is 7.49. The standard InChI is InChI=1S/C41H21N3O2/c1-2-9-23(10-3-1)39-42-40(28-15-8-17-31-35(28)27-12-4-5-16-30(27)45-31)44-41(43-39)29-21-24-20-19-22-11-6-13-25-26-14-7-18-32-36(26)37(38(29)46-32)34(24)33(22)25/h1-21H. The van der Waals surface area contributed by atoms with Crippen molar-refractivity contribution < 1.29 is 8.83 Å². The summed E-state index contributed by atoms with van der Waals surface area (Å²) in [5.41, 5.74) is 5.93. The van der Waals surface area contributed by atoms with Crippen LogP contribution in [0.25, 0.3) is 110 Å². The van der Waals surface area contributed by atoms with Crippen molar-refractivity contribution in [1.29, 1.82) is 0 Å². The van der Waals surface area contributed by atoms with Crippen LogP contribution in [-0.2, 0) is 0 Å². The predicted molar refractivity (Wildman–Crippen MR) is 186 cm³/mol. The number of nitrogens with zero attached hydrogens (tertiary/aromatic N) is 3. The third kappa shape index (κ3) is 3.11. The summed E-state index contributed by atoms with van der Waals surface area (Å²) in [6.07, 6.45) is 0. The second-order valence-corrected chi connectivity index (χ2v) is 11.9. The number of para-hydroxylation sites is 1. The molecule has 46 heavy (non-hydrogen) atoms. The molecule has 8 aromatic carbocycles. The summed E-state index contributed by atoms with van der Waals surface area (Å²) < 4.78 is 13.0. The SMILES string of the molecule is c1ccc(-c2nc(-c3cc4ccc5cccc6c7cccc8oc3c(c87)c4c56)nc(-c3cccc4oc5ccccc5c34)n2)cc1. The van der Waals surface area contributed by atoms with Gasteiger partial charge in [-0.3, -0.25) is 0 Å². The Hall–Kier alpha value is -6.33. The Balaban J connectivity index is 1.28. The first-order valence-electron chi connectivity index (χ1n) is 15.4. The van der Waals surface area contributed by atoms with Gasteiger partial charge in [0.1, 0.15) is 22.3 Å². The fraction of sp³-hybridized carbons (Fsp3) is 0. The van der Waals surface area contributed by atoms with Crippen LogP contribution in [0.2, 0.25) is 0 Å². The molecule has 5 nitrogen and oxygen atoms in total. The van der Waals surface area contributed by atoms with E-state index in [4.69, 9.17) is 23.8 Å². The maximum Gasteiger partial charge on any atom is 0.167 e. The molecule has 5 heteroatoms. The molecular formula is C41H21N3O2. The molecule has 0 aliphatic carbocycles. The number of hydrogen-bond acceptors (Lipinski definition) is 5. The van der Waals surface area contributed by atoms with Gasteiger partial charge in [0.25, 0.3) is 0 Å². The van der Waals surface area contributed by atoms with Gasteiger partial charge in [0, 0.05) is 38.1 Å². The minimum absolute atomic E-state index is 0.565. The quantitative estimate of drug-likeness (QED) is 0.152. The highest BCUT2D eigenvalue weighted by atomic mass is 16.3. The first kappa shape index (κ1) is 24.0. The minimum Gasteiger partial charge on any atom is -0.456 e. The average molecular weight is 588 g/mol. The van der Waals surface area contributed by atoms with E-state index in [0.29, 0.717) is 17.5 Å². The number of hydrogen-bond donors (Lipinski definition) is 0. The molecule has 0 unspecified atom stereocenters. The van der Waals surface area contributed by atoms with Crippen LogP contribution >= 0.6 is 0 Å². The molecule has 0 N–H and O–H groups in total. The smallest absolute Gasteiger partial charge is 0.167 e. The highest BCUT2D eigenvalue weighted by Crippen LogP contribution is 2.49. The largest absolute Gasteiger partial charge is 0.456 e. The summed E-state index contributed by atoms with van der Waals surface area (Å²) >= 11 is 0. The van der Waals surface area contributed by atoms with Crippen molar-refractivity contribution >= 4 is 76.2 Å². The molecule has 0 aliphatic heterocycles. The molecule has 0 aliphatic rings. The monoisotopic (exact) mass is 587 g/mol. The molecule has 0 fully saturated rings. The zero-order chi connectivity index (χ0) is 29.9. The highest BCUT2D eigenvalue weighted by molar-refractivity contribution is 6.40. The Bertz CT molecular complexity index is 2970. The van der Waals surface area contributed by atoms with Gasteiger partial charge in [0.15, 0.2) is 17.5 Å². The van der Waals surface area contributed by atoms with Crippen molar-refractivity contribution in [3.63, 3.8) is 0 Å². The van der Waals surface area contributed by atoms with Crippen molar-refractivity contribution in [2.75, 3.05) is 0 Å². The molecule has 3 heterocycles. The Morgan fingerprint density at radius 2 is 1.02 bits per heavy atom. The van der Waals surface area contributed by atoms with Crippen molar-refractivity contribution in [3.8, 4) is 34.2 Å². The molecule has 0 bridgehead atoms. The average Bonchev–Trinajstić information content (AvgIpc) is 3.70. The predicted octanol–water partition coefficient (Wildman–Crippen LogP) is 11.0. The summed E-state index contributed by atoms with van der Waals surface area (Å²) in [4.78, 5) is 15.4. The molecule has 0 amide bonds. The van der Waals surface area contributed by atoms with Crippen molar-refractivity contribution in [1.82, 2.24) is 15.0 Å². The summed E-state index contributed by atoms with van der Waals surface area (Å²) in [6.45, 7) is 0. The number of fused-ring (bicyclic) bond motifs is 4. The van der Waals surface area contributed by atoms with Gasteiger partial charge in [-0.1, -0.05) is 103 Å². The number of aromatic nitrogens is 3. The summed E-state index contributed by atoms with van der Waals surface area (Å²) in [5.74, 6) is 1.75. The van der Waals surface area contributed by atoms with E-state index in [1.54, 1.807) is 0 Å². The van der Waals surface area contributed by atoms with E-state index in [1.165, 1.54) is 26.9 Å². The summed E-state index contributed by atoms with van der Waals surface area (Å²) in [6, 6.07) is 43.7. The van der Waals surface area contributed by atoms with E-state index in [2.05, 4.69) is 66.7 Å². The van der Waals surface area contributed by atoms with Gasteiger partial charge in [-0.25, -0.2) is 15.0 Å². The molecule has 0 spiro atoms. The van der Waals surface area contributed by atoms with Crippen LogP contribution in [0.15, 0.2) is 136 Å². The minimum atomic E-state index is 0.565. The van der Waals surface area contributed by atoms with Crippen LogP contribution in [0.3, 0.4) is 0 Å². The lowest BCUT2D eigenvalue weighted by atomic mass is 9.88. The van der Waals surface area contributed by atoms with Crippen LogP contribution in [-0.4, -0.2) is 15.0 Å². The van der Waals surface area contributed by atoms with E-state index >= 15 is 0 Å². The zero-order valence-electron chi connectivity index (χ0n) is 24.3. The van der Waals surface area contributed by atoms with Gasteiger partial charge in [-0.05, 0) is 51.2 Å². The normalized spacial score (nSPS) is 12.3. The van der Waals surface area contributed by atoms with E-state index in [1.807, 2.05) is 60.7 Å². The van der Waals surface area contributed by atoms with Gasteiger partial charge < -0.3 is 8.83 Å². The Kier molecular flexibility index (Phi) is 4.52. The Morgan fingerprint density at radius 1 is 0.370 bits per heavy atom. The first-order valence-corrected chi connectivity index (χ1v) is 15.4. The molecule has 11 rings (SSSR count). The molecule has 212 valence electrons. The van der Waals surface area contributed by atoms with Gasteiger partial charge in [0.2, 0.25) is 0 Å². The van der Waals surface area contributed by atoms with Crippen LogP contribution in [0, 0.1) is 0 Å². The van der Waals surface area contributed by atoms with E-state index in [0.717, 1.165) is 66.0 Å². The second-order valence-electron chi connectivity index (χ2n) is 11.9. The third-order valence-electron chi connectivity index (χ3n) is 9.43. The van der Waals surface area contributed by atoms with E-state index in [9.17, 15) is 0 Å². The van der Waals surface area contributed by atoms with Crippen molar-refractivity contribution in [2.45, 2.75) is 0 Å². The van der Waals surface area contributed by atoms with Gasteiger partial charge in [-0.15, -0.1) is 0 Å². The molecule has 0 saturated carbocycles. The fourth-order valence-electron chi connectivity index (χ4n) is 7.49. The van der Waals surface area contributed by atoms with Gasteiger partial charge >= 0.3 is 0 Å². The van der Waals surface area contributed by atoms with Crippen molar-refractivity contribution in [2.24, 2.45) is 0 Å². The van der Waals surface area contributed by atoms with Crippen LogP contribution in [0.5, 0.6) is 0 Å². The molecule has 3 aromatic heterocycles. The lowest BCUT2D eigenvalue weighted by Crippen LogP contribution is -2.01. The van der Waals surface area contributed by atoms with E-state index in [-0.39, 0.29) is 0 Å². The first-order chi connectivity index (χ1) is 22.8. The Morgan fingerprint density at radius 3 is 1.91 bits per heavy atom. The topological polar surface area (TPSA) is 65.0 Å². The number of furan rings is 2.